The molecule has 1 saturated heterocycles. The molecule has 0 radical (unpaired) electrons. The standard InChI is InChI=1S/C15H24N4O/c1-16-8-6-12-5-3-4-10-19(12)13-7-9-18-14(11-13)15(20)17-2/h7,9,11-12,16H,3-6,8,10H2,1-2H3,(H,17,20). The van der Waals surface area contributed by atoms with Crippen LogP contribution in [0.5, 0.6) is 0 Å². The van der Waals surface area contributed by atoms with E-state index in [0.717, 1.165) is 25.2 Å². The second-order valence-corrected chi connectivity index (χ2v) is 5.21. The first-order valence-corrected chi connectivity index (χ1v) is 7.35. The Labute approximate surface area is 120 Å². The number of nitrogens with one attached hydrogen (secondary N) is 2. The molecular formula is C15H24N4O. The summed E-state index contributed by atoms with van der Waals surface area (Å²) in [5.41, 5.74) is 1.60. The number of pyridine rings is 1. The fraction of sp³-hybridized carbons (Fsp3) is 0.600. The zero-order valence-electron chi connectivity index (χ0n) is 12.4. The number of anilines is 1. The van der Waals surface area contributed by atoms with Gasteiger partial charge in [0.1, 0.15) is 5.69 Å². The van der Waals surface area contributed by atoms with Gasteiger partial charge < -0.3 is 15.5 Å². The van der Waals surface area contributed by atoms with Crippen molar-refractivity contribution in [1.82, 2.24) is 15.6 Å². The van der Waals surface area contributed by atoms with E-state index in [1.54, 1.807) is 13.2 Å². The van der Waals surface area contributed by atoms with Crippen LogP contribution in [-0.4, -0.2) is 44.1 Å². The first kappa shape index (κ1) is 14.8. The van der Waals surface area contributed by atoms with Crippen molar-refractivity contribution < 1.29 is 4.79 Å². The van der Waals surface area contributed by atoms with Gasteiger partial charge >= 0.3 is 0 Å². The molecule has 110 valence electrons. The minimum Gasteiger partial charge on any atom is -0.368 e. The molecule has 1 aliphatic heterocycles. The minimum absolute atomic E-state index is 0.129. The van der Waals surface area contributed by atoms with Gasteiger partial charge in [-0.25, -0.2) is 0 Å². The van der Waals surface area contributed by atoms with Gasteiger partial charge in [0.15, 0.2) is 0 Å². The fourth-order valence-corrected chi connectivity index (χ4v) is 2.80. The number of hydrogen-bond donors (Lipinski definition) is 2. The first-order chi connectivity index (χ1) is 9.76. The predicted octanol–water partition coefficient (Wildman–Crippen LogP) is 1.41. The SMILES string of the molecule is CNCCC1CCCCN1c1ccnc(C(=O)NC)c1. The topological polar surface area (TPSA) is 57.3 Å². The van der Waals surface area contributed by atoms with Crippen LogP contribution in [0.2, 0.25) is 0 Å². The number of carbonyl (C=O) groups excluding carboxylic acids is 1. The van der Waals surface area contributed by atoms with Crippen LogP contribution in [0, 0.1) is 0 Å². The van der Waals surface area contributed by atoms with Crippen LogP contribution in [0.25, 0.3) is 0 Å². The van der Waals surface area contributed by atoms with Crippen molar-refractivity contribution in [2.45, 2.75) is 31.7 Å². The lowest BCUT2D eigenvalue weighted by molar-refractivity contribution is 0.0958. The lowest BCUT2D eigenvalue weighted by atomic mass is 9.98. The average Bonchev–Trinajstić information content (AvgIpc) is 2.52. The number of amides is 1. The maximum absolute atomic E-state index is 11.7. The molecule has 1 amide bonds. The van der Waals surface area contributed by atoms with Crippen molar-refractivity contribution in [1.29, 1.82) is 0 Å². The highest BCUT2D eigenvalue weighted by atomic mass is 16.1. The number of hydrogen-bond acceptors (Lipinski definition) is 4. The number of carbonyl (C=O) groups is 1. The van der Waals surface area contributed by atoms with Crippen molar-refractivity contribution in [3.8, 4) is 0 Å². The summed E-state index contributed by atoms with van der Waals surface area (Å²) in [6.07, 6.45) is 6.59. The predicted molar refractivity (Wildman–Crippen MR) is 81.2 cm³/mol. The molecule has 0 aromatic carbocycles. The van der Waals surface area contributed by atoms with Gasteiger partial charge in [0, 0.05) is 31.5 Å². The van der Waals surface area contributed by atoms with Crippen molar-refractivity contribution >= 4 is 11.6 Å². The second kappa shape index (κ2) is 7.24. The van der Waals surface area contributed by atoms with Crippen molar-refractivity contribution in [3.05, 3.63) is 24.0 Å². The van der Waals surface area contributed by atoms with E-state index in [1.165, 1.54) is 19.3 Å². The third-order valence-electron chi connectivity index (χ3n) is 3.89. The van der Waals surface area contributed by atoms with Crippen LogP contribution in [0.15, 0.2) is 18.3 Å². The van der Waals surface area contributed by atoms with Crippen molar-refractivity contribution in [2.24, 2.45) is 0 Å². The van der Waals surface area contributed by atoms with E-state index in [2.05, 4.69) is 20.5 Å². The van der Waals surface area contributed by atoms with Gasteiger partial charge in [-0.2, -0.15) is 0 Å². The van der Waals surface area contributed by atoms with E-state index in [-0.39, 0.29) is 5.91 Å². The lowest BCUT2D eigenvalue weighted by Crippen LogP contribution is -2.41. The normalized spacial score (nSPS) is 18.9. The van der Waals surface area contributed by atoms with E-state index in [9.17, 15) is 4.79 Å². The van der Waals surface area contributed by atoms with E-state index >= 15 is 0 Å². The van der Waals surface area contributed by atoms with Gasteiger partial charge in [0.05, 0.1) is 0 Å². The quantitative estimate of drug-likeness (QED) is 0.854. The summed E-state index contributed by atoms with van der Waals surface area (Å²) in [6.45, 7) is 2.08. The van der Waals surface area contributed by atoms with Crippen LogP contribution >= 0.6 is 0 Å². The summed E-state index contributed by atoms with van der Waals surface area (Å²) in [5, 5.41) is 5.85. The maximum Gasteiger partial charge on any atom is 0.269 e. The molecule has 20 heavy (non-hydrogen) atoms. The van der Waals surface area contributed by atoms with E-state index < -0.39 is 0 Å². The molecule has 1 unspecified atom stereocenters. The molecule has 2 heterocycles. The minimum atomic E-state index is -0.129. The zero-order valence-corrected chi connectivity index (χ0v) is 12.4. The number of nitrogens with zero attached hydrogens (tertiary/aromatic N) is 2. The largest absolute Gasteiger partial charge is 0.368 e. The summed E-state index contributed by atoms with van der Waals surface area (Å²) >= 11 is 0. The van der Waals surface area contributed by atoms with Gasteiger partial charge in [-0.05, 0) is 51.4 Å². The first-order valence-electron chi connectivity index (χ1n) is 7.35. The Morgan fingerprint density at radius 1 is 1.45 bits per heavy atom. The van der Waals surface area contributed by atoms with Gasteiger partial charge in [-0.15, -0.1) is 0 Å². The van der Waals surface area contributed by atoms with Gasteiger partial charge in [0.2, 0.25) is 0 Å². The smallest absolute Gasteiger partial charge is 0.269 e. The van der Waals surface area contributed by atoms with Crippen LogP contribution < -0.4 is 15.5 Å². The maximum atomic E-state index is 11.7. The molecule has 1 aromatic rings. The summed E-state index contributed by atoms with van der Waals surface area (Å²) in [4.78, 5) is 18.3. The zero-order chi connectivity index (χ0) is 14.4. The van der Waals surface area contributed by atoms with Crippen LogP contribution in [0.3, 0.4) is 0 Å². The van der Waals surface area contributed by atoms with Crippen LogP contribution in [0.1, 0.15) is 36.2 Å². The summed E-state index contributed by atoms with van der Waals surface area (Å²) in [6, 6.07) is 4.46. The molecule has 1 aromatic heterocycles. The third-order valence-corrected chi connectivity index (χ3v) is 3.89. The average molecular weight is 276 g/mol. The Bertz CT molecular complexity index is 449. The molecule has 5 nitrogen and oxygen atoms in total. The molecule has 0 bridgehead atoms. The molecule has 0 saturated carbocycles. The molecule has 2 rings (SSSR count). The summed E-state index contributed by atoms with van der Waals surface area (Å²) < 4.78 is 0. The second-order valence-electron chi connectivity index (χ2n) is 5.21. The molecule has 0 aliphatic carbocycles. The van der Waals surface area contributed by atoms with Crippen molar-refractivity contribution in [2.75, 3.05) is 32.1 Å². The van der Waals surface area contributed by atoms with E-state index in [0.29, 0.717) is 11.7 Å². The Morgan fingerprint density at radius 2 is 2.30 bits per heavy atom. The summed E-state index contributed by atoms with van der Waals surface area (Å²) in [7, 11) is 3.62. The number of aromatic nitrogens is 1. The molecule has 5 heteroatoms. The van der Waals surface area contributed by atoms with Crippen molar-refractivity contribution in [3.63, 3.8) is 0 Å². The summed E-state index contributed by atoms with van der Waals surface area (Å²) in [5.74, 6) is -0.129. The lowest BCUT2D eigenvalue weighted by Gasteiger charge is -2.37. The van der Waals surface area contributed by atoms with Crippen LogP contribution in [0.4, 0.5) is 5.69 Å². The Balaban J connectivity index is 2.16. The Kier molecular flexibility index (Phi) is 5.35. The fourth-order valence-electron chi connectivity index (χ4n) is 2.80. The van der Waals surface area contributed by atoms with E-state index in [1.807, 2.05) is 19.2 Å². The molecule has 1 atom stereocenters. The van der Waals surface area contributed by atoms with Gasteiger partial charge in [-0.3, -0.25) is 9.78 Å². The highest BCUT2D eigenvalue weighted by Crippen LogP contribution is 2.26. The molecular weight excluding hydrogens is 252 g/mol. The molecule has 0 spiro atoms. The molecule has 1 aliphatic rings. The third kappa shape index (κ3) is 3.48. The van der Waals surface area contributed by atoms with Gasteiger partial charge in [-0.1, -0.05) is 0 Å². The van der Waals surface area contributed by atoms with Crippen LogP contribution in [-0.2, 0) is 0 Å². The number of rotatable bonds is 5. The molecule has 1 fully saturated rings. The Hall–Kier alpha value is -1.62. The molecule has 2 N–H and O–H groups in total. The Morgan fingerprint density at radius 3 is 3.05 bits per heavy atom. The number of piperidine rings is 1. The highest BCUT2D eigenvalue weighted by Gasteiger charge is 2.22. The van der Waals surface area contributed by atoms with E-state index in [4.69, 9.17) is 0 Å². The monoisotopic (exact) mass is 276 g/mol. The highest BCUT2D eigenvalue weighted by molar-refractivity contribution is 5.92. The van der Waals surface area contributed by atoms with Gasteiger partial charge in [0.25, 0.3) is 5.91 Å².